The van der Waals surface area contributed by atoms with Crippen LogP contribution < -0.4 is 0 Å². The number of benzene rings is 2. The van der Waals surface area contributed by atoms with Crippen molar-refractivity contribution < 1.29 is 8.91 Å². The molecule has 0 N–H and O–H groups in total. The summed E-state index contributed by atoms with van der Waals surface area (Å²) in [5, 5.41) is 5.00. The molecule has 0 spiro atoms. The van der Waals surface area contributed by atoms with Crippen LogP contribution in [0.25, 0.3) is 11.0 Å². The molecule has 0 unspecified atom stereocenters. The first kappa shape index (κ1) is 12.5. The molecule has 1 aromatic heterocycles. The average Bonchev–Trinajstić information content (AvgIpc) is 2.89. The number of aromatic nitrogens is 1. The smallest absolute Gasteiger partial charge is 0.170 e. The third-order valence-electron chi connectivity index (χ3n) is 4.09. The molecule has 106 valence electrons. The van der Waals surface area contributed by atoms with Crippen LogP contribution in [0.1, 0.15) is 16.8 Å². The van der Waals surface area contributed by atoms with Gasteiger partial charge in [0.1, 0.15) is 11.5 Å². The van der Waals surface area contributed by atoms with Crippen LogP contribution in [0.2, 0.25) is 0 Å². The molecule has 21 heavy (non-hydrogen) atoms. The summed E-state index contributed by atoms with van der Waals surface area (Å²) in [6, 6.07) is 13.1. The number of halogens is 1. The van der Waals surface area contributed by atoms with E-state index >= 15 is 0 Å². The summed E-state index contributed by atoms with van der Waals surface area (Å²) < 4.78 is 18.4. The van der Waals surface area contributed by atoms with Crippen molar-refractivity contribution in [3.05, 3.63) is 65.1 Å². The third-order valence-corrected chi connectivity index (χ3v) is 4.09. The van der Waals surface area contributed by atoms with Crippen molar-refractivity contribution in [2.24, 2.45) is 0 Å². The lowest BCUT2D eigenvalue weighted by Gasteiger charge is -2.27. The largest absolute Gasteiger partial charge is 0.356 e. The molecular weight excluding hydrogens is 267 g/mol. The number of hydrogen-bond acceptors (Lipinski definition) is 3. The van der Waals surface area contributed by atoms with E-state index in [0.29, 0.717) is 5.58 Å². The molecule has 0 radical (unpaired) electrons. The van der Waals surface area contributed by atoms with Crippen molar-refractivity contribution in [2.75, 3.05) is 6.54 Å². The van der Waals surface area contributed by atoms with E-state index in [-0.39, 0.29) is 5.82 Å². The number of hydrogen-bond donors (Lipinski definition) is 0. The lowest BCUT2D eigenvalue weighted by Crippen LogP contribution is -2.30. The van der Waals surface area contributed by atoms with E-state index in [1.807, 2.05) is 0 Å². The van der Waals surface area contributed by atoms with Gasteiger partial charge >= 0.3 is 0 Å². The third kappa shape index (κ3) is 2.32. The Balaban J connectivity index is 1.59. The minimum atomic E-state index is -0.294. The molecule has 3 aromatic rings. The Hall–Kier alpha value is -2.20. The molecule has 0 fully saturated rings. The van der Waals surface area contributed by atoms with Crippen LogP contribution in [0, 0.1) is 5.82 Å². The molecule has 0 saturated carbocycles. The quantitative estimate of drug-likeness (QED) is 0.720. The second kappa shape index (κ2) is 4.97. The van der Waals surface area contributed by atoms with E-state index in [2.05, 4.69) is 34.3 Å². The second-order valence-electron chi connectivity index (χ2n) is 5.50. The number of nitrogens with zero attached hydrogens (tertiary/aromatic N) is 2. The van der Waals surface area contributed by atoms with E-state index in [0.717, 1.165) is 37.1 Å². The van der Waals surface area contributed by atoms with Gasteiger partial charge in [0.25, 0.3) is 0 Å². The topological polar surface area (TPSA) is 29.3 Å². The Morgan fingerprint density at radius 1 is 1.14 bits per heavy atom. The molecule has 2 aromatic carbocycles. The van der Waals surface area contributed by atoms with Gasteiger partial charge in [0.2, 0.25) is 0 Å². The maximum atomic E-state index is 13.2. The van der Waals surface area contributed by atoms with Gasteiger partial charge in [0.15, 0.2) is 5.58 Å². The van der Waals surface area contributed by atoms with Crippen molar-refractivity contribution in [1.82, 2.24) is 10.1 Å². The summed E-state index contributed by atoms with van der Waals surface area (Å²) in [4.78, 5) is 2.35. The van der Waals surface area contributed by atoms with Gasteiger partial charge in [-0.3, -0.25) is 4.90 Å². The molecule has 3 nitrogen and oxygen atoms in total. The molecular formula is C17H15FN2O. The first-order chi connectivity index (χ1) is 10.3. The lowest BCUT2D eigenvalue weighted by molar-refractivity contribution is 0.239. The van der Waals surface area contributed by atoms with E-state index in [4.69, 9.17) is 4.52 Å². The summed E-state index contributed by atoms with van der Waals surface area (Å²) in [7, 11) is 0. The molecule has 4 heteroatoms. The standard InChI is InChI=1S/C17H15FN2O/c18-14-5-6-15-16(19-21-17(15)9-14)11-20-8-7-12-3-1-2-4-13(12)10-20/h1-6,9H,7-8,10-11H2. The molecule has 2 heterocycles. The van der Waals surface area contributed by atoms with Crippen molar-refractivity contribution in [3.63, 3.8) is 0 Å². The maximum Gasteiger partial charge on any atom is 0.170 e. The van der Waals surface area contributed by atoms with Crippen molar-refractivity contribution >= 4 is 11.0 Å². The van der Waals surface area contributed by atoms with Crippen molar-refractivity contribution in [1.29, 1.82) is 0 Å². The molecule has 0 bridgehead atoms. The SMILES string of the molecule is Fc1ccc2c(CN3CCc4ccccc4C3)noc2c1. The van der Waals surface area contributed by atoms with Crippen LogP contribution in [-0.2, 0) is 19.5 Å². The fraction of sp³-hybridized carbons (Fsp3) is 0.235. The second-order valence-corrected chi connectivity index (χ2v) is 5.50. The van der Waals surface area contributed by atoms with Gasteiger partial charge in [0, 0.05) is 31.1 Å². The van der Waals surface area contributed by atoms with Gasteiger partial charge in [-0.05, 0) is 29.7 Å². The summed E-state index contributed by atoms with van der Waals surface area (Å²) in [5.74, 6) is -0.294. The van der Waals surface area contributed by atoms with Gasteiger partial charge in [-0.15, -0.1) is 0 Å². The van der Waals surface area contributed by atoms with E-state index < -0.39 is 0 Å². The lowest BCUT2D eigenvalue weighted by atomic mass is 10.00. The molecule has 1 aliphatic heterocycles. The molecule has 0 amide bonds. The summed E-state index contributed by atoms with van der Waals surface area (Å²) in [6.07, 6.45) is 1.06. The predicted molar refractivity (Wildman–Crippen MR) is 78.2 cm³/mol. The normalized spacial score (nSPS) is 15.3. The Labute approximate surface area is 122 Å². The summed E-state index contributed by atoms with van der Waals surface area (Å²) in [5.41, 5.74) is 4.20. The van der Waals surface area contributed by atoms with Gasteiger partial charge in [-0.2, -0.15) is 0 Å². The highest BCUT2D eigenvalue weighted by Gasteiger charge is 2.18. The van der Waals surface area contributed by atoms with Crippen molar-refractivity contribution in [2.45, 2.75) is 19.5 Å². The fourth-order valence-corrected chi connectivity index (χ4v) is 2.98. The van der Waals surface area contributed by atoms with Crippen LogP contribution >= 0.6 is 0 Å². The van der Waals surface area contributed by atoms with Crippen LogP contribution in [0.4, 0.5) is 4.39 Å². The van der Waals surface area contributed by atoms with E-state index in [9.17, 15) is 4.39 Å². The zero-order valence-corrected chi connectivity index (χ0v) is 11.6. The van der Waals surface area contributed by atoms with Gasteiger partial charge in [-0.25, -0.2) is 4.39 Å². The minimum Gasteiger partial charge on any atom is -0.356 e. The van der Waals surface area contributed by atoms with Gasteiger partial charge in [-0.1, -0.05) is 29.4 Å². The number of rotatable bonds is 2. The zero-order valence-electron chi connectivity index (χ0n) is 11.6. The Kier molecular flexibility index (Phi) is 2.97. The molecule has 0 aliphatic carbocycles. The predicted octanol–water partition coefficient (Wildman–Crippen LogP) is 3.53. The highest BCUT2D eigenvalue weighted by molar-refractivity contribution is 5.79. The van der Waals surface area contributed by atoms with E-state index in [1.54, 1.807) is 6.07 Å². The highest BCUT2D eigenvalue weighted by atomic mass is 19.1. The molecule has 4 rings (SSSR count). The van der Waals surface area contributed by atoms with Gasteiger partial charge < -0.3 is 4.52 Å². The first-order valence-corrected chi connectivity index (χ1v) is 7.12. The molecule has 0 atom stereocenters. The van der Waals surface area contributed by atoms with Gasteiger partial charge in [0.05, 0.1) is 0 Å². The monoisotopic (exact) mass is 282 g/mol. The molecule has 0 saturated heterocycles. The Morgan fingerprint density at radius 2 is 2.00 bits per heavy atom. The molecule has 1 aliphatic rings. The highest BCUT2D eigenvalue weighted by Crippen LogP contribution is 2.24. The van der Waals surface area contributed by atoms with Crippen LogP contribution in [0.5, 0.6) is 0 Å². The zero-order chi connectivity index (χ0) is 14.2. The van der Waals surface area contributed by atoms with E-state index in [1.165, 1.54) is 23.3 Å². The van der Waals surface area contributed by atoms with Crippen LogP contribution in [-0.4, -0.2) is 16.6 Å². The van der Waals surface area contributed by atoms with Crippen molar-refractivity contribution in [3.8, 4) is 0 Å². The van der Waals surface area contributed by atoms with Crippen LogP contribution in [0.3, 0.4) is 0 Å². The Bertz CT molecular complexity index is 796. The van der Waals surface area contributed by atoms with Crippen LogP contribution in [0.15, 0.2) is 47.0 Å². The first-order valence-electron chi connectivity index (χ1n) is 7.12. The average molecular weight is 282 g/mol. The Morgan fingerprint density at radius 3 is 2.90 bits per heavy atom. The number of fused-ring (bicyclic) bond motifs is 2. The minimum absolute atomic E-state index is 0.294. The summed E-state index contributed by atoms with van der Waals surface area (Å²) >= 11 is 0. The summed E-state index contributed by atoms with van der Waals surface area (Å²) in [6.45, 7) is 2.66. The fourth-order valence-electron chi connectivity index (χ4n) is 2.98. The maximum absolute atomic E-state index is 13.2.